The number of rotatable bonds is 2. The van der Waals surface area contributed by atoms with Crippen molar-refractivity contribution in [3.05, 3.63) is 0 Å². The van der Waals surface area contributed by atoms with Crippen LogP contribution in [0.5, 0.6) is 0 Å². The summed E-state index contributed by atoms with van der Waals surface area (Å²) in [6.07, 6.45) is 3.99. The monoisotopic (exact) mass is 226 g/mol. The molecule has 0 spiro atoms. The normalized spacial score (nSPS) is 39.6. The number of hydrogen-bond donors (Lipinski definition) is 2. The topological polar surface area (TPSA) is 64.4 Å². The molecule has 4 atom stereocenters. The Labute approximate surface area is 96.9 Å². The number of amides is 1. The predicted molar refractivity (Wildman–Crippen MR) is 61.8 cm³/mol. The Morgan fingerprint density at radius 2 is 2.19 bits per heavy atom. The first kappa shape index (κ1) is 11.9. The highest BCUT2D eigenvalue weighted by Crippen LogP contribution is 2.28. The summed E-state index contributed by atoms with van der Waals surface area (Å²) < 4.78 is 5.25. The summed E-state index contributed by atoms with van der Waals surface area (Å²) in [5.74, 6) is 0.759. The van der Waals surface area contributed by atoms with Crippen LogP contribution in [0.25, 0.3) is 0 Å². The molecule has 4 unspecified atom stereocenters. The SMILES string of the molecule is CC1CCC(N)C(C(=O)NC2CCOC2)C1. The van der Waals surface area contributed by atoms with Crippen LogP contribution < -0.4 is 11.1 Å². The fourth-order valence-corrected chi connectivity index (χ4v) is 2.66. The van der Waals surface area contributed by atoms with Crippen LogP contribution >= 0.6 is 0 Å². The highest BCUT2D eigenvalue weighted by molar-refractivity contribution is 5.79. The van der Waals surface area contributed by atoms with Crippen molar-refractivity contribution < 1.29 is 9.53 Å². The van der Waals surface area contributed by atoms with Gasteiger partial charge in [0.25, 0.3) is 0 Å². The lowest BCUT2D eigenvalue weighted by Gasteiger charge is -2.32. The minimum Gasteiger partial charge on any atom is -0.379 e. The number of ether oxygens (including phenoxy) is 1. The maximum absolute atomic E-state index is 12.1. The smallest absolute Gasteiger partial charge is 0.224 e. The molecule has 1 saturated carbocycles. The Morgan fingerprint density at radius 1 is 1.38 bits per heavy atom. The number of nitrogens with one attached hydrogen (secondary N) is 1. The molecule has 92 valence electrons. The third kappa shape index (κ3) is 2.74. The van der Waals surface area contributed by atoms with E-state index in [0.29, 0.717) is 12.5 Å². The largest absolute Gasteiger partial charge is 0.379 e. The number of carbonyl (C=O) groups is 1. The van der Waals surface area contributed by atoms with E-state index < -0.39 is 0 Å². The van der Waals surface area contributed by atoms with Gasteiger partial charge in [0, 0.05) is 12.6 Å². The fraction of sp³-hybridized carbons (Fsp3) is 0.917. The van der Waals surface area contributed by atoms with Crippen LogP contribution in [0.15, 0.2) is 0 Å². The average molecular weight is 226 g/mol. The summed E-state index contributed by atoms with van der Waals surface area (Å²) in [6.45, 7) is 3.62. The van der Waals surface area contributed by atoms with Crippen LogP contribution in [-0.2, 0) is 9.53 Å². The van der Waals surface area contributed by atoms with E-state index >= 15 is 0 Å². The van der Waals surface area contributed by atoms with Crippen molar-refractivity contribution in [2.75, 3.05) is 13.2 Å². The molecule has 0 aromatic heterocycles. The summed E-state index contributed by atoms with van der Waals surface area (Å²) in [5.41, 5.74) is 6.02. The van der Waals surface area contributed by atoms with Crippen molar-refractivity contribution in [2.45, 2.75) is 44.7 Å². The molecule has 4 nitrogen and oxygen atoms in total. The van der Waals surface area contributed by atoms with Crippen molar-refractivity contribution in [3.63, 3.8) is 0 Å². The van der Waals surface area contributed by atoms with Crippen molar-refractivity contribution in [2.24, 2.45) is 17.6 Å². The van der Waals surface area contributed by atoms with Gasteiger partial charge in [0.1, 0.15) is 0 Å². The van der Waals surface area contributed by atoms with E-state index in [2.05, 4.69) is 12.2 Å². The Kier molecular flexibility index (Phi) is 3.82. The molecule has 16 heavy (non-hydrogen) atoms. The molecule has 3 N–H and O–H groups in total. The minimum absolute atomic E-state index is 0.00403. The van der Waals surface area contributed by atoms with Crippen LogP contribution in [-0.4, -0.2) is 31.2 Å². The zero-order chi connectivity index (χ0) is 11.5. The second-order valence-corrected chi connectivity index (χ2v) is 5.26. The van der Waals surface area contributed by atoms with Gasteiger partial charge in [-0.15, -0.1) is 0 Å². The number of hydrogen-bond acceptors (Lipinski definition) is 3. The molecule has 0 aromatic carbocycles. The average Bonchev–Trinajstić information content (AvgIpc) is 2.74. The van der Waals surface area contributed by atoms with Gasteiger partial charge in [-0.25, -0.2) is 0 Å². The van der Waals surface area contributed by atoms with E-state index in [9.17, 15) is 4.79 Å². The molecular weight excluding hydrogens is 204 g/mol. The van der Waals surface area contributed by atoms with Gasteiger partial charge in [-0.1, -0.05) is 6.92 Å². The van der Waals surface area contributed by atoms with Crippen LogP contribution in [0.4, 0.5) is 0 Å². The van der Waals surface area contributed by atoms with E-state index in [4.69, 9.17) is 10.5 Å². The summed E-state index contributed by atoms with van der Waals surface area (Å²) in [6, 6.07) is 0.246. The van der Waals surface area contributed by atoms with Crippen molar-refractivity contribution >= 4 is 5.91 Å². The Balaban J connectivity index is 1.86. The minimum atomic E-state index is 0.00403. The Bertz CT molecular complexity index is 251. The zero-order valence-corrected chi connectivity index (χ0v) is 9.95. The number of carbonyl (C=O) groups excluding carboxylic acids is 1. The molecule has 1 aliphatic heterocycles. The van der Waals surface area contributed by atoms with E-state index in [1.165, 1.54) is 0 Å². The summed E-state index contributed by atoms with van der Waals surface area (Å²) in [4.78, 5) is 12.1. The molecule has 1 amide bonds. The van der Waals surface area contributed by atoms with Crippen molar-refractivity contribution in [3.8, 4) is 0 Å². The van der Waals surface area contributed by atoms with E-state index in [1.807, 2.05) is 0 Å². The molecule has 2 rings (SSSR count). The maximum Gasteiger partial charge on any atom is 0.224 e. The lowest BCUT2D eigenvalue weighted by atomic mass is 9.78. The fourth-order valence-electron chi connectivity index (χ4n) is 2.66. The molecule has 4 heteroatoms. The van der Waals surface area contributed by atoms with Gasteiger partial charge in [-0.05, 0) is 31.6 Å². The summed E-state index contributed by atoms with van der Waals surface area (Å²) in [5, 5.41) is 3.06. The summed E-state index contributed by atoms with van der Waals surface area (Å²) in [7, 11) is 0. The molecule has 2 fully saturated rings. The first-order valence-corrected chi connectivity index (χ1v) is 6.30. The Morgan fingerprint density at radius 3 is 2.88 bits per heavy atom. The van der Waals surface area contributed by atoms with E-state index in [1.54, 1.807) is 0 Å². The first-order chi connectivity index (χ1) is 7.66. The lowest BCUT2D eigenvalue weighted by molar-refractivity contribution is -0.127. The molecule has 2 aliphatic rings. The van der Waals surface area contributed by atoms with Gasteiger partial charge < -0.3 is 15.8 Å². The molecule has 1 saturated heterocycles. The van der Waals surface area contributed by atoms with Crippen LogP contribution in [0.3, 0.4) is 0 Å². The molecule has 0 radical (unpaired) electrons. The predicted octanol–water partition coefficient (Wildman–Crippen LogP) is 0.655. The first-order valence-electron chi connectivity index (χ1n) is 6.30. The van der Waals surface area contributed by atoms with Gasteiger partial charge >= 0.3 is 0 Å². The zero-order valence-electron chi connectivity index (χ0n) is 9.95. The molecule has 1 aliphatic carbocycles. The van der Waals surface area contributed by atoms with Gasteiger partial charge in [0.15, 0.2) is 0 Å². The van der Waals surface area contributed by atoms with Crippen molar-refractivity contribution in [1.29, 1.82) is 0 Å². The van der Waals surface area contributed by atoms with Gasteiger partial charge in [-0.3, -0.25) is 4.79 Å². The maximum atomic E-state index is 12.1. The third-order valence-corrected chi connectivity index (χ3v) is 3.78. The van der Waals surface area contributed by atoms with Crippen molar-refractivity contribution in [1.82, 2.24) is 5.32 Å². The summed E-state index contributed by atoms with van der Waals surface area (Å²) >= 11 is 0. The standard InChI is InChI=1S/C12H22N2O2/c1-8-2-3-11(13)10(6-8)12(15)14-9-4-5-16-7-9/h8-11H,2-7,13H2,1H3,(H,14,15). The highest BCUT2D eigenvalue weighted by atomic mass is 16.5. The second kappa shape index (κ2) is 5.15. The van der Waals surface area contributed by atoms with E-state index in [0.717, 1.165) is 32.3 Å². The molecule has 0 aromatic rings. The molecular formula is C12H22N2O2. The third-order valence-electron chi connectivity index (χ3n) is 3.78. The van der Waals surface area contributed by atoms with Gasteiger partial charge in [0.2, 0.25) is 5.91 Å². The molecule has 0 bridgehead atoms. The van der Waals surface area contributed by atoms with Gasteiger partial charge in [0.05, 0.1) is 18.6 Å². The lowest BCUT2D eigenvalue weighted by Crippen LogP contribution is -2.48. The Hall–Kier alpha value is -0.610. The van der Waals surface area contributed by atoms with E-state index in [-0.39, 0.29) is 23.9 Å². The second-order valence-electron chi connectivity index (χ2n) is 5.26. The number of nitrogens with two attached hydrogens (primary N) is 1. The quantitative estimate of drug-likeness (QED) is 0.727. The van der Waals surface area contributed by atoms with Crippen LogP contribution in [0, 0.1) is 11.8 Å². The molecule has 1 heterocycles. The highest BCUT2D eigenvalue weighted by Gasteiger charge is 2.32. The van der Waals surface area contributed by atoms with Crippen LogP contribution in [0.1, 0.15) is 32.6 Å². The van der Waals surface area contributed by atoms with Gasteiger partial charge in [-0.2, -0.15) is 0 Å². The van der Waals surface area contributed by atoms with Crippen LogP contribution in [0.2, 0.25) is 0 Å².